The van der Waals surface area contributed by atoms with Crippen molar-refractivity contribution in [3.05, 3.63) is 0 Å². The summed E-state index contributed by atoms with van der Waals surface area (Å²) in [7, 11) is 0. The minimum absolute atomic E-state index is 0.210. The van der Waals surface area contributed by atoms with Crippen molar-refractivity contribution in [1.29, 1.82) is 0 Å². The lowest BCUT2D eigenvalue weighted by atomic mass is 9.95. The SMILES string of the molecule is CC1(O)CCCN(C(=O)NC[C@H](O)C(=O)O)C1. The number of likely N-dealkylation sites (tertiary alicyclic amines) is 1. The maximum absolute atomic E-state index is 11.6. The van der Waals surface area contributed by atoms with E-state index in [0.29, 0.717) is 19.4 Å². The molecule has 17 heavy (non-hydrogen) atoms. The highest BCUT2D eigenvalue weighted by atomic mass is 16.4. The van der Waals surface area contributed by atoms with Crippen LogP contribution in [-0.2, 0) is 4.79 Å². The molecule has 98 valence electrons. The fourth-order valence-corrected chi connectivity index (χ4v) is 1.78. The van der Waals surface area contributed by atoms with Crippen molar-refractivity contribution in [2.45, 2.75) is 31.5 Å². The second kappa shape index (κ2) is 5.33. The molecular weight excluding hydrogens is 228 g/mol. The van der Waals surface area contributed by atoms with Crippen LogP contribution in [0.1, 0.15) is 19.8 Å². The highest BCUT2D eigenvalue weighted by Crippen LogP contribution is 2.19. The normalized spacial score (nSPS) is 26.4. The zero-order chi connectivity index (χ0) is 13.1. The molecule has 0 spiro atoms. The molecular formula is C10H18N2O5. The lowest BCUT2D eigenvalue weighted by Gasteiger charge is -2.36. The molecule has 1 aliphatic heterocycles. The molecule has 1 unspecified atom stereocenters. The van der Waals surface area contributed by atoms with Gasteiger partial charge in [0.25, 0.3) is 0 Å². The third kappa shape index (κ3) is 4.20. The number of hydrogen-bond donors (Lipinski definition) is 4. The molecule has 1 saturated heterocycles. The number of carbonyl (C=O) groups is 2. The number of rotatable bonds is 3. The average molecular weight is 246 g/mol. The Morgan fingerprint density at radius 1 is 1.53 bits per heavy atom. The van der Waals surface area contributed by atoms with Gasteiger partial charge in [-0.05, 0) is 19.8 Å². The molecule has 0 saturated carbocycles. The number of carboxylic acids is 1. The summed E-state index contributed by atoms with van der Waals surface area (Å²) in [5.74, 6) is -1.38. The fourth-order valence-electron chi connectivity index (χ4n) is 1.78. The summed E-state index contributed by atoms with van der Waals surface area (Å²) in [5, 5.41) is 29.5. The number of β-amino-alcohol motifs (C(OH)–C–C–N with tert-alkyl or cyclic N) is 1. The fraction of sp³-hybridized carbons (Fsp3) is 0.800. The van der Waals surface area contributed by atoms with Gasteiger partial charge in [-0.15, -0.1) is 0 Å². The van der Waals surface area contributed by atoms with Crippen LogP contribution in [0.3, 0.4) is 0 Å². The van der Waals surface area contributed by atoms with Gasteiger partial charge in [-0.25, -0.2) is 9.59 Å². The van der Waals surface area contributed by atoms with Crippen LogP contribution in [0.25, 0.3) is 0 Å². The molecule has 1 rings (SSSR count). The number of urea groups is 1. The van der Waals surface area contributed by atoms with Crippen LogP contribution in [0.15, 0.2) is 0 Å². The number of nitrogens with zero attached hydrogens (tertiary/aromatic N) is 1. The summed E-state index contributed by atoms with van der Waals surface area (Å²) >= 11 is 0. The standard InChI is InChI=1S/C10H18N2O5/c1-10(17)3-2-4-12(6-10)9(16)11-5-7(13)8(14)15/h7,13,17H,2-6H2,1H3,(H,11,16)(H,14,15)/t7-,10?/m0/s1. The Hall–Kier alpha value is -1.34. The minimum Gasteiger partial charge on any atom is -0.479 e. The maximum Gasteiger partial charge on any atom is 0.334 e. The van der Waals surface area contributed by atoms with Crippen LogP contribution < -0.4 is 5.32 Å². The van der Waals surface area contributed by atoms with Crippen molar-refractivity contribution in [3.63, 3.8) is 0 Å². The quantitative estimate of drug-likeness (QED) is 0.510. The Balaban J connectivity index is 2.40. The van der Waals surface area contributed by atoms with E-state index in [2.05, 4.69) is 5.32 Å². The summed E-state index contributed by atoms with van der Waals surface area (Å²) in [6.07, 6.45) is -0.277. The number of nitrogens with one attached hydrogen (secondary N) is 1. The first kappa shape index (κ1) is 13.7. The van der Waals surface area contributed by atoms with Gasteiger partial charge in [-0.1, -0.05) is 0 Å². The van der Waals surface area contributed by atoms with Gasteiger partial charge in [-0.2, -0.15) is 0 Å². The van der Waals surface area contributed by atoms with Gasteiger partial charge in [0, 0.05) is 6.54 Å². The van der Waals surface area contributed by atoms with Gasteiger partial charge >= 0.3 is 12.0 Å². The van der Waals surface area contributed by atoms with Crippen LogP contribution in [0, 0.1) is 0 Å². The zero-order valence-corrected chi connectivity index (χ0v) is 9.72. The van der Waals surface area contributed by atoms with Crippen molar-refractivity contribution in [2.75, 3.05) is 19.6 Å². The van der Waals surface area contributed by atoms with Gasteiger partial charge < -0.3 is 25.5 Å². The minimum atomic E-state index is -1.61. The highest BCUT2D eigenvalue weighted by molar-refractivity contribution is 5.77. The summed E-state index contributed by atoms with van der Waals surface area (Å²) in [5.41, 5.74) is -0.902. The Morgan fingerprint density at radius 3 is 2.71 bits per heavy atom. The average Bonchev–Trinajstić information content (AvgIpc) is 2.23. The number of carbonyl (C=O) groups excluding carboxylic acids is 1. The van der Waals surface area contributed by atoms with E-state index in [0.717, 1.165) is 0 Å². The van der Waals surface area contributed by atoms with Gasteiger partial charge in [0.15, 0.2) is 6.10 Å². The van der Waals surface area contributed by atoms with Crippen molar-refractivity contribution < 1.29 is 24.9 Å². The van der Waals surface area contributed by atoms with Crippen molar-refractivity contribution in [3.8, 4) is 0 Å². The van der Waals surface area contributed by atoms with E-state index in [4.69, 9.17) is 10.2 Å². The van der Waals surface area contributed by atoms with E-state index in [9.17, 15) is 14.7 Å². The molecule has 0 aromatic rings. The third-order valence-electron chi connectivity index (χ3n) is 2.69. The summed E-state index contributed by atoms with van der Waals surface area (Å²) in [4.78, 5) is 23.4. The van der Waals surface area contributed by atoms with E-state index in [-0.39, 0.29) is 13.1 Å². The number of aliphatic carboxylic acids is 1. The van der Waals surface area contributed by atoms with Gasteiger partial charge in [0.05, 0.1) is 18.7 Å². The van der Waals surface area contributed by atoms with Crippen molar-refractivity contribution in [1.82, 2.24) is 10.2 Å². The molecule has 0 aromatic carbocycles. The van der Waals surface area contributed by atoms with E-state index in [1.807, 2.05) is 0 Å². The number of piperidine rings is 1. The molecule has 2 amide bonds. The Kier molecular flexibility index (Phi) is 4.30. The zero-order valence-electron chi connectivity index (χ0n) is 9.72. The first-order chi connectivity index (χ1) is 7.82. The Bertz CT molecular complexity index is 305. The molecule has 4 N–H and O–H groups in total. The molecule has 0 radical (unpaired) electrons. The smallest absolute Gasteiger partial charge is 0.334 e. The van der Waals surface area contributed by atoms with Crippen LogP contribution >= 0.6 is 0 Å². The second-order valence-electron chi connectivity index (χ2n) is 4.56. The van der Waals surface area contributed by atoms with E-state index >= 15 is 0 Å². The van der Waals surface area contributed by atoms with E-state index in [1.54, 1.807) is 6.92 Å². The lowest BCUT2D eigenvalue weighted by Crippen LogP contribution is -2.53. The molecule has 0 bridgehead atoms. The molecule has 2 atom stereocenters. The number of carboxylic acid groups (broad SMARTS) is 1. The summed E-state index contributed by atoms with van der Waals surface area (Å²) in [6.45, 7) is 2.04. The van der Waals surface area contributed by atoms with Crippen LogP contribution in [0.5, 0.6) is 0 Å². The molecule has 7 heteroatoms. The third-order valence-corrected chi connectivity index (χ3v) is 2.69. The molecule has 0 aliphatic carbocycles. The van der Waals surface area contributed by atoms with Crippen molar-refractivity contribution >= 4 is 12.0 Å². The predicted octanol–water partition coefficient (Wildman–Crippen LogP) is -1.01. The molecule has 1 heterocycles. The number of hydrogen-bond acceptors (Lipinski definition) is 4. The van der Waals surface area contributed by atoms with E-state index < -0.39 is 23.7 Å². The Morgan fingerprint density at radius 2 is 2.18 bits per heavy atom. The molecule has 0 aromatic heterocycles. The van der Waals surface area contributed by atoms with Crippen LogP contribution in [-0.4, -0.2) is 63.6 Å². The van der Waals surface area contributed by atoms with Gasteiger partial charge in [-0.3, -0.25) is 0 Å². The highest BCUT2D eigenvalue weighted by Gasteiger charge is 2.31. The Labute approximate surface area is 99.0 Å². The lowest BCUT2D eigenvalue weighted by molar-refractivity contribution is -0.146. The first-order valence-electron chi connectivity index (χ1n) is 5.48. The van der Waals surface area contributed by atoms with Crippen molar-refractivity contribution in [2.24, 2.45) is 0 Å². The summed E-state index contributed by atoms with van der Waals surface area (Å²) in [6, 6.07) is -0.467. The molecule has 1 aliphatic rings. The molecule has 7 nitrogen and oxygen atoms in total. The summed E-state index contributed by atoms with van der Waals surface area (Å²) < 4.78 is 0. The second-order valence-corrected chi connectivity index (χ2v) is 4.56. The predicted molar refractivity (Wildman–Crippen MR) is 58.5 cm³/mol. The number of amides is 2. The van der Waals surface area contributed by atoms with E-state index in [1.165, 1.54) is 4.90 Å². The first-order valence-corrected chi connectivity index (χ1v) is 5.48. The number of aliphatic hydroxyl groups is 2. The van der Waals surface area contributed by atoms with Crippen LogP contribution in [0.4, 0.5) is 4.79 Å². The van der Waals surface area contributed by atoms with Gasteiger partial charge in [0.1, 0.15) is 0 Å². The maximum atomic E-state index is 11.6. The topological polar surface area (TPSA) is 110 Å². The number of aliphatic hydroxyl groups excluding tert-OH is 1. The van der Waals surface area contributed by atoms with Crippen LogP contribution in [0.2, 0.25) is 0 Å². The molecule has 1 fully saturated rings. The monoisotopic (exact) mass is 246 g/mol. The largest absolute Gasteiger partial charge is 0.479 e. The van der Waals surface area contributed by atoms with Gasteiger partial charge in [0.2, 0.25) is 0 Å².